The minimum absolute atomic E-state index is 0.351. The summed E-state index contributed by atoms with van der Waals surface area (Å²) in [7, 11) is 0. The molecule has 0 aliphatic heterocycles. The first kappa shape index (κ1) is 23.4. The number of nitrogens with one attached hydrogen (secondary N) is 2. The van der Waals surface area contributed by atoms with Crippen LogP contribution >= 0.6 is 30.6 Å². The molecule has 28 heavy (non-hydrogen) atoms. The maximum absolute atomic E-state index is 11.8. The van der Waals surface area contributed by atoms with Crippen molar-refractivity contribution in [1.29, 1.82) is 0 Å². The van der Waals surface area contributed by atoms with Crippen molar-refractivity contribution >= 4 is 53.5 Å². The second-order valence-corrected chi connectivity index (χ2v) is 12.5. The molecular weight excluding hydrogens is 433 g/mol. The molecule has 1 fully saturated rings. The monoisotopic (exact) mass is 461 g/mol. The maximum atomic E-state index is 11.8. The number of hydroxylamine groups is 1. The molecule has 6 nitrogen and oxygen atoms in total. The van der Waals surface area contributed by atoms with Gasteiger partial charge in [0.1, 0.15) is 10.7 Å². The predicted octanol–water partition coefficient (Wildman–Crippen LogP) is 5.21. The molecule has 0 spiro atoms. The lowest BCUT2D eigenvalue weighted by atomic mass is 9.96. The highest BCUT2D eigenvalue weighted by molar-refractivity contribution is 8.17. The third-order valence-corrected chi connectivity index (χ3v) is 10.4. The molecule has 0 heterocycles. The fourth-order valence-electron chi connectivity index (χ4n) is 2.95. The molecule has 1 amide bonds. The molecule has 1 aliphatic rings. The molecule has 10 heteroatoms. The molecule has 2 rings (SSSR count). The molecule has 0 radical (unpaired) electrons. The van der Waals surface area contributed by atoms with Crippen molar-refractivity contribution in [2.75, 3.05) is 12.0 Å². The van der Waals surface area contributed by atoms with E-state index in [1.807, 2.05) is 30.3 Å². The molecule has 1 aromatic rings. The van der Waals surface area contributed by atoms with Crippen LogP contribution in [0.4, 0.5) is 4.79 Å². The average molecular weight is 462 g/mol. The molecule has 1 saturated carbocycles. The predicted molar refractivity (Wildman–Crippen MR) is 124 cm³/mol. The summed E-state index contributed by atoms with van der Waals surface area (Å²) >= 11 is 12.4. The first-order chi connectivity index (χ1) is 13.4. The summed E-state index contributed by atoms with van der Waals surface area (Å²) in [5.74, 6) is 1.14. The van der Waals surface area contributed by atoms with Crippen molar-refractivity contribution in [2.24, 2.45) is 0 Å². The Morgan fingerprint density at radius 1 is 1.29 bits per heavy atom. The van der Waals surface area contributed by atoms with Crippen molar-refractivity contribution in [2.45, 2.75) is 52.0 Å². The topological polar surface area (TPSA) is 62.8 Å². The summed E-state index contributed by atoms with van der Waals surface area (Å²) in [6.07, 6.45) is 3.72. The molecule has 2 N–H and O–H groups in total. The average Bonchev–Trinajstić information content (AvgIpc) is 2.71. The van der Waals surface area contributed by atoms with Gasteiger partial charge in [-0.3, -0.25) is 0 Å². The lowest BCUT2D eigenvalue weighted by Crippen LogP contribution is -2.35. The number of thiocarbonyl (C=S) groups is 1. The van der Waals surface area contributed by atoms with Gasteiger partial charge in [-0.2, -0.15) is 4.08 Å². The summed E-state index contributed by atoms with van der Waals surface area (Å²) < 4.78 is 8.62. The van der Waals surface area contributed by atoms with Gasteiger partial charge >= 0.3 is 6.09 Å². The molecule has 1 atom stereocenters. The highest BCUT2D eigenvalue weighted by atomic mass is 32.5. The Morgan fingerprint density at radius 3 is 2.57 bits per heavy atom. The van der Waals surface area contributed by atoms with Gasteiger partial charge in [-0.1, -0.05) is 56.6 Å². The fraction of sp³-hybridized carbons (Fsp3) is 0.556. The van der Waals surface area contributed by atoms with Gasteiger partial charge in [0.2, 0.25) is 0 Å². The van der Waals surface area contributed by atoms with E-state index < -0.39 is 12.5 Å². The molecular formula is C18H28N3O3PS3. The number of carbonyl (C=O) groups is 1. The van der Waals surface area contributed by atoms with E-state index in [0.29, 0.717) is 16.9 Å². The molecule has 0 bridgehead atoms. The van der Waals surface area contributed by atoms with E-state index in [9.17, 15) is 4.79 Å². The summed E-state index contributed by atoms with van der Waals surface area (Å²) in [5, 5.41) is 2.72. The Labute approximate surface area is 182 Å². The first-order valence-corrected chi connectivity index (χ1v) is 13.6. The highest BCUT2D eigenvalue weighted by Crippen LogP contribution is 2.57. The minimum atomic E-state index is -2.29. The Morgan fingerprint density at radius 2 is 1.96 bits per heavy atom. The van der Waals surface area contributed by atoms with Gasteiger partial charge in [-0.05, 0) is 55.7 Å². The SMILES string of the molecule is CCP(=S)(Oc1ccccc1)N(SCNC(=O)ONC(C)=S)C1CCCCC1. The zero-order valence-electron chi connectivity index (χ0n) is 16.3. The lowest BCUT2D eigenvalue weighted by Gasteiger charge is -2.40. The minimum Gasteiger partial charge on any atom is -0.452 e. The van der Waals surface area contributed by atoms with Crippen molar-refractivity contribution in [3.8, 4) is 5.75 Å². The smallest absolute Gasteiger partial charge is 0.432 e. The second-order valence-electron chi connectivity index (χ2n) is 6.45. The summed E-state index contributed by atoms with van der Waals surface area (Å²) in [6.45, 7) is 3.72. The van der Waals surface area contributed by atoms with Gasteiger partial charge in [0.25, 0.3) is 0 Å². The van der Waals surface area contributed by atoms with Crippen LogP contribution in [0.15, 0.2) is 30.3 Å². The van der Waals surface area contributed by atoms with Crippen molar-refractivity contribution in [1.82, 2.24) is 14.9 Å². The van der Waals surface area contributed by atoms with E-state index in [2.05, 4.69) is 21.8 Å². The van der Waals surface area contributed by atoms with Crippen LogP contribution < -0.4 is 15.3 Å². The number of nitrogens with zero attached hydrogens (tertiary/aromatic N) is 1. The molecule has 0 saturated heterocycles. The van der Waals surface area contributed by atoms with Crippen LogP contribution in [0.3, 0.4) is 0 Å². The normalized spacial score (nSPS) is 16.8. The number of carbonyl (C=O) groups excluding carboxylic acids is 1. The van der Waals surface area contributed by atoms with Crippen LogP contribution in [0, 0.1) is 0 Å². The van der Waals surface area contributed by atoms with Crippen LogP contribution in [0.1, 0.15) is 46.0 Å². The van der Waals surface area contributed by atoms with Crippen molar-refractivity contribution < 1.29 is 14.2 Å². The number of amides is 1. The Kier molecular flexibility index (Phi) is 10.0. The van der Waals surface area contributed by atoms with Crippen LogP contribution in [-0.4, -0.2) is 33.2 Å². The van der Waals surface area contributed by atoms with Gasteiger partial charge in [0, 0.05) is 12.2 Å². The van der Waals surface area contributed by atoms with E-state index in [1.165, 1.54) is 31.2 Å². The largest absolute Gasteiger partial charge is 0.452 e. The van der Waals surface area contributed by atoms with Gasteiger partial charge < -0.3 is 14.7 Å². The van der Waals surface area contributed by atoms with E-state index in [-0.39, 0.29) is 0 Å². The number of hydrogen-bond donors (Lipinski definition) is 2. The van der Waals surface area contributed by atoms with Gasteiger partial charge in [-0.25, -0.2) is 10.3 Å². The fourth-order valence-corrected chi connectivity index (χ4v) is 7.80. The van der Waals surface area contributed by atoms with Gasteiger partial charge in [0.15, 0.2) is 6.42 Å². The zero-order chi connectivity index (χ0) is 20.4. The van der Waals surface area contributed by atoms with Crippen LogP contribution in [0.25, 0.3) is 0 Å². The Balaban J connectivity index is 2.05. The highest BCUT2D eigenvalue weighted by Gasteiger charge is 2.34. The molecule has 1 unspecified atom stereocenters. The number of hydrogen-bond acceptors (Lipinski definition) is 6. The summed E-state index contributed by atoms with van der Waals surface area (Å²) in [4.78, 5) is 17.0. The van der Waals surface area contributed by atoms with E-state index in [0.717, 1.165) is 24.8 Å². The zero-order valence-corrected chi connectivity index (χ0v) is 19.6. The molecule has 0 aromatic heterocycles. The van der Waals surface area contributed by atoms with Gasteiger partial charge in [-0.15, -0.1) is 0 Å². The quantitative estimate of drug-likeness (QED) is 0.180. The number of benzene rings is 1. The van der Waals surface area contributed by atoms with Crippen molar-refractivity contribution in [3.63, 3.8) is 0 Å². The lowest BCUT2D eigenvalue weighted by molar-refractivity contribution is 0.122. The second kappa shape index (κ2) is 12.0. The molecule has 1 aromatic carbocycles. The van der Waals surface area contributed by atoms with Gasteiger partial charge in [0.05, 0.1) is 5.88 Å². The standard InChI is InChI=1S/C18H28N3O3PS3/c1-3-25(27,24-17-12-8-5-9-13-17)21(16-10-6-4-7-11-16)28-14-19-18(22)23-20-15(2)26/h5,8-9,12-13,16H,3-4,6-7,10-11,14H2,1-2H3,(H,19,22)(H,20,26). The maximum Gasteiger partial charge on any atom is 0.432 e. The van der Waals surface area contributed by atoms with Crippen LogP contribution in [0.2, 0.25) is 0 Å². The summed E-state index contributed by atoms with van der Waals surface area (Å²) in [5.41, 5.74) is 2.38. The van der Waals surface area contributed by atoms with Crippen LogP contribution in [-0.2, 0) is 16.6 Å². The third kappa shape index (κ3) is 7.52. The number of para-hydroxylation sites is 1. The molecule has 1 aliphatic carbocycles. The Bertz CT molecular complexity index is 687. The van der Waals surface area contributed by atoms with Crippen molar-refractivity contribution in [3.05, 3.63) is 30.3 Å². The first-order valence-electron chi connectivity index (χ1n) is 9.42. The Hall–Kier alpha value is -0.860. The van der Waals surface area contributed by atoms with E-state index in [4.69, 9.17) is 33.4 Å². The van der Waals surface area contributed by atoms with E-state index in [1.54, 1.807) is 6.92 Å². The van der Waals surface area contributed by atoms with Crippen LogP contribution in [0.5, 0.6) is 5.75 Å². The summed E-state index contributed by atoms with van der Waals surface area (Å²) in [6, 6.07) is 10.1. The third-order valence-electron chi connectivity index (χ3n) is 4.28. The van der Waals surface area contributed by atoms with E-state index >= 15 is 0 Å². The molecule has 156 valence electrons. The number of rotatable bonds is 8.